The fourth-order valence-electron chi connectivity index (χ4n) is 3.04. The molecule has 0 radical (unpaired) electrons. The van der Waals surface area contributed by atoms with Gasteiger partial charge in [-0.2, -0.15) is 0 Å². The summed E-state index contributed by atoms with van der Waals surface area (Å²) in [4.78, 5) is 12.0. The third-order valence-corrected chi connectivity index (χ3v) is 5.07. The lowest BCUT2D eigenvalue weighted by atomic mass is 10.1. The summed E-state index contributed by atoms with van der Waals surface area (Å²) in [6, 6.07) is 15.6. The third kappa shape index (κ3) is 8.49. The molecule has 0 aliphatic carbocycles. The first kappa shape index (κ1) is 23.3. The van der Waals surface area contributed by atoms with Crippen LogP contribution in [0.25, 0.3) is 11.1 Å². The van der Waals surface area contributed by atoms with E-state index in [1.54, 1.807) is 12.1 Å². The van der Waals surface area contributed by atoms with Gasteiger partial charge in [0.05, 0.1) is 6.61 Å². The average molecular weight is 417 g/mol. The Bertz CT molecular complexity index is 723. The molecule has 0 fully saturated rings. The molecule has 1 atom stereocenters. The highest BCUT2D eigenvalue weighted by atomic mass is 35.5. The molecule has 3 nitrogen and oxygen atoms in total. The van der Waals surface area contributed by atoms with Crippen molar-refractivity contribution in [2.45, 2.75) is 64.7 Å². The minimum Gasteiger partial charge on any atom is -0.494 e. The smallest absolute Gasteiger partial charge is 0.329 e. The molecule has 0 aromatic heterocycles. The van der Waals surface area contributed by atoms with E-state index in [9.17, 15) is 4.79 Å². The largest absolute Gasteiger partial charge is 0.494 e. The van der Waals surface area contributed by atoms with Crippen molar-refractivity contribution < 1.29 is 14.3 Å². The number of rotatable bonds is 12. The highest BCUT2D eigenvalue weighted by Crippen LogP contribution is 2.25. The Hall–Kier alpha value is -2.00. The van der Waals surface area contributed by atoms with Gasteiger partial charge in [-0.3, -0.25) is 4.79 Å². The van der Waals surface area contributed by atoms with E-state index in [-0.39, 0.29) is 0 Å². The van der Waals surface area contributed by atoms with Crippen LogP contribution in [-0.2, 0) is 4.79 Å². The Morgan fingerprint density at radius 3 is 1.97 bits per heavy atom. The van der Waals surface area contributed by atoms with Gasteiger partial charge in [0, 0.05) is 0 Å². The Kier molecular flexibility index (Phi) is 10.1. The standard InChI is InChI=1S/C25H33ClO3/c1-4-5-6-7-8-17-28-22-13-9-20(10-14-22)21-11-15-23(16-12-21)29-25(27)24(26)18-19(2)3/h9-16,19,24H,4-8,17-18H2,1-3H3/t24-/m0/s1. The van der Waals surface area contributed by atoms with Crippen molar-refractivity contribution in [1.29, 1.82) is 0 Å². The fraction of sp³-hybridized carbons (Fsp3) is 0.480. The topological polar surface area (TPSA) is 35.5 Å². The van der Waals surface area contributed by atoms with Crippen LogP contribution in [-0.4, -0.2) is 18.0 Å². The van der Waals surface area contributed by atoms with Crippen LogP contribution in [0.2, 0.25) is 0 Å². The molecule has 158 valence electrons. The van der Waals surface area contributed by atoms with E-state index >= 15 is 0 Å². The fourth-order valence-corrected chi connectivity index (χ4v) is 3.45. The Morgan fingerprint density at radius 1 is 0.862 bits per heavy atom. The van der Waals surface area contributed by atoms with Gasteiger partial charge < -0.3 is 9.47 Å². The van der Waals surface area contributed by atoms with Crippen molar-refractivity contribution in [3.05, 3.63) is 48.5 Å². The molecular formula is C25H33ClO3. The van der Waals surface area contributed by atoms with Crippen LogP contribution >= 0.6 is 11.6 Å². The SMILES string of the molecule is CCCCCCCOc1ccc(-c2ccc(OC(=O)[C@@H](Cl)CC(C)C)cc2)cc1. The van der Waals surface area contributed by atoms with Gasteiger partial charge in [0.15, 0.2) is 0 Å². The summed E-state index contributed by atoms with van der Waals surface area (Å²) in [5.41, 5.74) is 2.15. The van der Waals surface area contributed by atoms with Gasteiger partial charge in [-0.25, -0.2) is 0 Å². The van der Waals surface area contributed by atoms with Crippen LogP contribution in [0.3, 0.4) is 0 Å². The maximum atomic E-state index is 12.0. The molecule has 29 heavy (non-hydrogen) atoms. The molecule has 0 bridgehead atoms. The van der Waals surface area contributed by atoms with Crippen molar-refractivity contribution in [2.75, 3.05) is 6.61 Å². The van der Waals surface area contributed by atoms with E-state index < -0.39 is 11.3 Å². The van der Waals surface area contributed by atoms with Gasteiger partial charge in [-0.15, -0.1) is 11.6 Å². The molecule has 0 heterocycles. The number of alkyl halides is 1. The minimum absolute atomic E-state index is 0.348. The van der Waals surface area contributed by atoms with Crippen LogP contribution in [0.15, 0.2) is 48.5 Å². The van der Waals surface area contributed by atoms with Crippen LogP contribution in [0.5, 0.6) is 11.5 Å². The van der Waals surface area contributed by atoms with Gasteiger partial charge in [0.25, 0.3) is 0 Å². The summed E-state index contributed by atoms with van der Waals surface area (Å²) in [6.45, 7) is 7.05. The summed E-state index contributed by atoms with van der Waals surface area (Å²) in [5, 5.41) is -0.617. The summed E-state index contributed by atoms with van der Waals surface area (Å²) in [5.74, 6) is 1.36. The molecular weight excluding hydrogens is 384 g/mol. The van der Waals surface area contributed by atoms with E-state index in [0.29, 0.717) is 18.1 Å². The van der Waals surface area contributed by atoms with Gasteiger partial charge in [-0.05, 0) is 54.2 Å². The number of ether oxygens (including phenoxy) is 2. The monoisotopic (exact) mass is 416 g/mol. The number of carbonyl (C=O) groups excluding carboxylic acids is 1. The number of unbranched alkanes of at least 4 members (excludes halogenated alkanes) is 4. The van der Waals surface area contributed by atoms with Gasteiger partial charge >= 0.3 is 5.97 Å². The molecule has 2 aromatic carbocycles. The van der Waals surface area contributed by atoms with E-state index in [0.717, 1.165) is 29.9 Å². The average Bonchev–Trinajstić information content (AvgIpc) is 2.71. The molecule has 0 amide bonds. The normalized spacial score (nSPS) is 12.0. The van der Waals surface area contributed by atoms with Crippen molar-refractivity contribution in [3.63, 3.8) is 0 Å². The highest BCUT2D eigenvalue weighted by molar-refractivity contribution is 6.30. The molecule has 4 heteroatoms. The lowest BCUT2D eigenvalue weighted by Crippen LogP contribution is -2.22. The number of halogens is 1. The highest BCUT2D eigenvalue weighted by Gasteiger charge is 2.19. The van der Waals surface area contributed by atoms with Crippen molar-refractivity contribution in [3.8, 4) is 22.6 Å². The number of carbonyl (C=O) groups is 1. The molecule has 2 aromatic rings. The summed E-state index contributed by atoms with van der Waals surface area (Å²) in [7, 11) is 0. The van der Waals surface area contributed by atoms with Crippen LogP contribution < -0.4 is 9.47 Å². The third-order valence-electron chi connectivity index (χ3n) is 4.71. The number of benzene rings is 2. The number of hydrogen-bond donors (Lipinski definition) is 0. The second-order valence-corrected chi connectivity index (χ2v) is 8.36. The van der Waals surface area contributed by atoms with E-state index in [4.69, 9.17) is 21.1 Å². The van der Waals surface area contributed by atoms with Gasteiger partial charge in [0.2, 0.25) is 0 Å². The zero-order valence-corrected chi connectivity index (χ0v) is 18.6. The first-order valence-electron chi connectivity index (χ1n) is 10.7. The molecule has 0 spiro atoms. The second kappa shape index (κ2) is 12.5. The number of hydrogen-bond acceptors (Lipinski definition) is 3. The van der Waals surface area contributed by atoms with Crippen molar-refractivity contribution in [2.24, 2.45) is 5.92 Å². The lowest BCUT2D eigenvalue weighted by Gasteiger charge is -2.12. The Morgan fingerprint density at radius 2 is 1.41 bits per heavy atom. The molecule has 0 aliphatic heterocycles. The molecule has 0 aliphatic rings. The minimum atomic E-state index is -0.617. The van der Waals surface area contributed by atoms with Crippen LogP contribution in [0.1, 0.15) is 59.3 Å². The summed E-state index contributed by atoms with van der Waals surface area (Å²) >= 11 is 6.10. The molecule has 0 saturated carbocycles. The first-order valence-corrected chi connectivity index (χ1v) is 11.1. The zero-order chi connectivity index (χ0) is 21.1. The molecule has 2 rings (SSSR count). The van der Waals surface area contributed by atoms with Gasteiger partial charge in [0.1, 0.15) is 16.9 Å². The maximum absolute atomic E-state index is 12.0. The Labute approximate surface area is 180 Å². The predicted octanol–water partition coefficient (Wildman–Crippen LogP) is 7.26. The maximum Gasteiger partial charge on any atom is 0.329 e. The van der Waals surface area contributed by atoms with Gasteiger partial charge in [-0.1, -0.05) is 70.7 Å². The van der Waals surface area contributed by atoms with Crippen molar-refractivity contribution >= 4 is 17.6 Å². The summed E-state index contributed by atoms with van der Waals surface area (Å²) in [6.07, 6.45) is 6.78. The quantitative estimate of drug-likeness (QED) is 0.158. The zero-order valence-electron chi connectivity index (χ0n) is 17.8. The van der Waals surface area contributed by atoms with E-state index in [2.05, 4.69) is 6.92 Å². The van der Waals surface area contributed by atoms with Crippen LogP contribution in [0, 0.1) is 5.92 Å². The second-order valence-electron chi connectivity index (χ2n) is 7.83. The predicted molar refractivity (Wildman–Crippen MR) is 121 cm³/mol. The van der Waals surface area contributed by atoms with Crippen molar-refractivity contribution in [1.82, 2.24) is 0 Å². The van der Waals surface area contributed by atoms with Crippen LogP contribution in [0.4, 0.5) is 0 Å². The lowest BCUT2D eigenvalue weighted by molar-refractivity contribution is -0.134. The molecule has 0 saturated heterocycles. The first-order chi connectivity index (χ1) is 14.0. The van der Waals surface area contributed by atoms with E-state index in [1.807, 2.05) is 50.2 Å². The molecule has 0 N–H and O–H groups in total. The number of esters is 1. The summed E-state index contributed by atoms with van der Waals surface area (Å²) < 4.78 is 11.2. The van der Waals surface area contributed by atoms with E-state index in [1.165, 1.54) is 25.7 Å². The molecule has 0 unspecified atom stereocenters. The Balaban J connectivity index is 1.84.